The number of rotatable bonds is 7. The molecule has 1 aliphatic heterocycles. The molecule has 3 N–H and O–H groups in total. The average molecular weight is 354 g/mol. The number of hydrogen-bond acceptors (Lipinski definition) is 4. The van der Waals surface area contributed by atoms with Crippen molar-refractivity contribution in [3.63, 3.8) is 0 Å². The topological polar surface area (TPSA) is 73.6 Å². The molecule has 2 aromatic rings. The minimum absolute atomic E-state index is 0.0800. The zero-order valence-electron chi connectivity index (χ0n) is 14.9. The molecule has 0 aliphatic carbocycles. The van der Waals surface area contributed by atoms with Crippen LogP contribution in [-0.4, -0.2) is 31.2 Å². The molecule has 1 saturated heterocycles. The molecule has 26 heavy (non-hydrogen) atoms. The van der Waals surface area contributed by atoms with E-state index in [0.29, 0.717) is 39.2 Å². The Balaban J connectivity index is 1.42. The first kappa shape index (κ1) is 18.4. The van der Waals surface area contributed by atoms with E-state index in [2.05, 4.69) is 5.32 Å². The van der Waals surface area contributed by atoms with Crippen molar-refractivity contribution < 1.29 is 14.3 Å². The molecule has 0 aromatic heterocycles. The minimum atomic E-state index is -0.784. The summed E-state index contributed by atoms with van der Waals surface area (Å²) in [7, 11) is 0. The molecule has 1 heterocycles. The summed E-state index contributed by atoms with van der Waals surface area (Å²) in [5.41, 5.74) is 7.68. The molecular weight excluding hydrogens is 328 g/mol. The van der Waals surface area contributed by atoms with Crippen molar-refractivity contribution in [3.8, 4) is 5.75 Å². The Labute approximate surface area is 154 Å². The SMILES string of the molecule is NC1(C(=O)NCCc2ccc(OCc3ccccc3)cc2)CCOCC1. The molecule has 138 valence electrons. The fourth-order valence-electron chi connectivity index (χ4n) is 2.95. The van der Waals surface area contributed by atoms with Crippen LogP contribution in [0.2, 0.25) is 0 Å². The van der Waals surface area contributed by atoms with Gasteiger partial charge in [0.15, 0.2) is 0 Å². The lowest BCUT2D eigenvalue weighted by Crippen LogP contribution is -2.57. The molecule has 0 radical (unpaired) electrons. The van der Waals surface area contributed by atoms with E-state index in [4.69, 9.17) is 15.2 Å². The van der Waals surface area contributed by atoms with Gasteiger partial charge in [0.1, 0.15) is 12.4 Å². The number of nitrogens with two attached hydrogens (primary N) is 1. The van der Waals surface area contributed by atoms with Crippen LogP contribution >= 0.6 is 0 Å². The Morgan fingerprint density at radius 1 is 1.04 bits per heavy atom. The number of carbonyl (C=O) groups is 1. The Bertz CT molecular complexity index is 695. The zero-order chi connectivity index (χ0) is 18.2. The highest BCUT2D eigenvalue weighted by Crippen LogP contribution is 2.18. The third-order valence-corrected chi connectivity index (χ3v) is 4.71. The minimum Gasteiger partial charge on any atom is -0.489 e. The quantitative estimate of drug-likeness (QED) is 0.801. The normalized spacial score (nSPS) is 16.0. The molecule has 0 atom stereocenters. The van der Waals surface area contributed by atoms with E-state index < -0.39 is 5.54 Å². The molecule has 0 bridgehead atoms. The highest BCUT2D eigenvalue weighted by Gasteiger charge is 2.35. The maximum atomic E-state index is 12.3. The molecule has 1 amide bonds. The van der Waals surface area contributed by atoms with Crippen LogP contribution in [0.1, 0.15) is 24.0 Å². The fraction of sp³-hybridized carbons (Fsp3) is 0.381. The van der Waals surface area contributed by atoms with Gasteiger partial charge in [-0.25, -0.2) is 0 Å². The van der Waals surface area contributed by atoms with E-state index >= 15 is 0 Å². The lowest BCUT2D eigenvalue weighted by atomic mass is 9.90. The molecule has 1 fully saturated rings. The van der Waals surface area contributed by atoms with Crippen LogP contribution in [0.4, 0.5) is 0 Å². The largest absolute Gasteiger partial charge is 0.489 e. The monoisotopic (exact) mass is 354 g/mol. The summed E-state index contributed by atoms with van der Waals surface area (Å²) < 4.78 is 11.1. The highest BCUT2D eigenvalue weighted by molar-refractivity contribution is 5.86. The summed E-state index contributed by atoms with van der Waals surface area (Å²) in [5.74, 6) is 0.758. The predicted molar refractivity (Wildman–Crippen MR) is 101 cm³/mol. The van der Waals surface area contributed by atoms with E-state index in [1.807, 2.05) is 54.6 Å². The Morgan fingerprint density at radius 3 is 2.42 bits per heavy atom. The van der Waals surface area contributed by atoms with Crippen LogP contribution in [0.25, 0.3) is 0 Å². The second-order valence-electron chi connectivity index (χ2n) is 6.69. The maximum absolute atomic E-state index is 12.3. The average Bonchev–Trinajstić information content (AvgIpc) is 2.68. The first-order valence-electron chi connectivity index (χ1n) is 9.06. The first-order chi connectivity index (χ1) is 12.7. The summed E-state index contributed by atoms with van der Waals surface area (Å²) in [6.07, 6.45) is 1.91. The van der Waals surface area contributed by atoms with Gasteiger partial charge in [0.05, 0.1) is 5.54 Å². The van der Waals surface area contributed by atoms with E-state index in [-0.39, 0.29) is 5.91 Å². The molecule has 1 aliphatic rings. The first-order valence-corrected chi connectivity index (χ1v) is 9.06. The van der Waals surface area contributed by atoms with E-state index in [9.17, 15) is 4.79 Å². The van der Waals surface area contributed by atoms with Crippen LogP contribution in [0.3, 0.4) is 0 Å². The lowest BCUT2D eigenvalue weighted by Gasteiger charge is -2.31. The van der Waals surface area contributed by atoms with Gasteiger partial charge in [0.2, 0.25) is 5.91 Å². The smallest absolute Gasteiger partial charge is 0.240 e. The van der Waals surface area contributed by atoms with Crippen LogP contribution in [0, 0.1) is 0 Å². The predicted octanol–water partition coefficient (Wildman–Crippen LogP) is 2.43. The molecular formula is C21H26N2O3. The summed E-state index contributed by atoms with van der Waals surface area (Å²) in [6.45, 7) is 2.23. The number of amides is 1. The number of nitrogens with one attached hydrogen (secondary N) is 1. The van der Waals surface area contributed by atoms with Gasteiger partial charge in [0, 0.05) is 19.8 Å². The number of carbonyl (C=O) groups excluding carboxylic acids is 1. The van der Waals surface area contributed by atoms with Gasteiger partial charge in [-0.05, 0) is 42.5 Å². The van der Waals surface area contributed by atoms with E-state index in [0.717, 1.165) is 23.3 Å². The van der Waals surface area contributed by atoms with Gasteiger partial charge >= 0.3 is 0 Å². The molecule has 0 unspecified atom stereocenters. The van der Waals surface area contributed by atoms with Gasteiger partial charge in [0.25, 0.3) is 0 Å². The number of hydrogen-bond donors (Lipinski definition) is 2. The summed E-state index contributed by atoms with van der Waals surface area (Å²) >= 11 is 0. The fourth-order valence-corrected chi connectivity index (χ4v) is 2.95. The van der Waals surface area contributed by atoms with Crippen LogP contribution < -0.4 is 15.8 Å². The van der Waals surface area contributed by atoms with E-state index in [1.165, 1.54) is 0 Å². The maximum Gasteiger partial charge on any atom is 0.240 e. The summed E-state index contributed by atoms with van der Waals surface area (Å²) in [4.78, 5) is 12.3. The van der Waals surface area contributed by atoms with Gasteiger partial charge < -0.3 is 20.5 Å². The van der Waals surface area contributed by atoms with Gasteiger partial charge in [-0.1, -0.05) is 42.5 Å². The number of ether oxygens (including phenoxy) is 2. The van der Waals surface area contributed by atoms with Gasteiger partial charge in [-0.3, -0.25) is 4.79 Å². The third-order valence-electron chi connectivity index (χ3n) is 4.71. The zero-order valence-corrected chi connectivity index (χ0v) is 14.9. The molecule has 5 nitrogen and oxygen atoms in total. The van der Waals surface area contributed by atoms with Crippen LogP contribution in [0.15, 0.2) is 54.6 Å². The summed E-state index contributed by atoms with van der Waals surface area (Å²) in [5, 5.41) is 2.95. The van der Waals surface area contributed by atoms with Crippen molar-refractivity contribution in [2.75, 3.05) is 19.8 Å². The molecule has 5 heteroatoms. The lowest BCUT2D eigenvalue weighted by molar-refractivity contribution is -0.129. The van der Waals surface area contributed by atoms with Crippen molar-refractivity contribution in [3.05, 3.63) is 65.7 Å². The molecule has 3 rings (SSSR count). The van der Waals surface area contributed by atoms with Crippen LogP contribution in [-0.2, 0) is 22.6 Å². The van der Waals surface area contributed by atoms with Crippen LogP contribution in [0.5, 0.6) is 5.75 Å². The van der Waals surface area contributed by atoms with Gasteiger partial charge in [-0.15, -0.1) is 0 Å². The Morgan fingerprint density at radius 2 is 1.73 bits per heavy atom. The van der Waals surface area contributed by atoms with Crippen molar-refractivity contribution >= 4 is 5.91 Å². The Hall–Kier alpha value is -2.37. The second kappa shape index (κ2) is 8.83. The summed E-state index contributed by atoms with van der Waals surface area (Å²) in [6, 6.07) is 18.1. The highest BCUT2D eigenvalue weighted by atomic mass is 16.5. The second-order valence-corrected chi connectivity index (χ2v) is 6.69. The van der Waals surface area contributed by atoms with Crippen molar-refractivity contribution in [1.29, 1.82) is 0 Å². The molecule has 0 saturated carbocycles. The van der Waals surface area contributed by atoms with Crippen molar-refractivity contribution in [2.24, 2.45) is 5.73 Å². The van der Waals surface area contributed by atoms with Crippen molar-refractivity contribution in [1.82, 2.24) is 5.32 Å². The Kier molecular flexibility index (Phi) is 6.26. The van der Waals surface area contributed by atoms with Gasteiger partial charge in [-0.2, -0.15) is 0 Å². The third kappa shape index (κ3) is 5.07. The molecule has 2 aromatic carbocycles. The standard InChI is InChI=1S/C21H26N2O3/c22-21(11-14-25-15-12-21)20(24)23-13-10-17-6-8-19(9-7-17)26-16-18-4-2-1-3-5-18/h1-9H,10-16,22H2,(H,23,24). The number of benzene rings is 2. The van der Waals surface area contributed by atoms with E-state index in [1.54, 1.807) is 0 Å². The molecule has 0 spiro atoms. The van der Waals surface area contributed by atoms with Crippen molar-refractivity contribution in [2.45, 2.75) is 31.4 Å².